The Morgan fingerprint density at radius 3 is 1.60 bits per heavy atom. The maximum absolute atomic E-state index is 10.6. The number of guanidine groups is 4. The fourth-order valence-corrected chi connectivity index (χ4v) is 13.5. The highest BCUT2D eigenvalue weighted by Crippen LogP contribution is 2.24. The van der Waals surface area contributed by atoms with Crippen molar-refractivity contribution in [3.05, 3.63) is 226 Å². The molecule has 7 aromatic rings. The summed E-state index contributed by atoms with van der Waals surface area (Å²) >= 11 is 40.0. The lowest BCUT2D eigenvalue weighted by molar-refractivity contribution is -0.486. The van der Waals surface area contributed by atoms with Crippen molar-refractivity contribution < 1.29 is 29.8 Å². The second-order valence-electron chi connectivity index (χ2n) is 23.9. The van der Waals surface area contributed by atoms with Crippen LogP contribution >= 0.6 is 115 Å². The number of ether oxygens (including phenoxy) is 1. The van der Waals surface area contributed by atoms with Crippen molar-refractivity contribution >= 4 is 150 Å². The Bertz CT molecular complexity index is 4680. The first-order chi connectivity index (χ1) is 56.7. The van der Waals surface area contributed by atoms with Gasteiger partial charge in [-0.3, -0.25) is 15.0 Å². The first-order valence-electron chi connectivity index (χ1n) is 34.4. The summed E-state index contributed by atoms with van der Waals surface area (Å²) in [6.07, 6.45) is 16.4. The molecule has 0 spiro atoms. The molecule has 7 aromatic heterocycles. The Morgan fingerprint density at radius 1 is 0.613 bits per heavy atom. The lowest BCUT2D eigenvalue weighted by Crippen LogP contribution is -2.55. The van der Waals surface area contributed by atoms with E-state index in [1.807, 2.05) is 66.2 Å². The first kappa shape index (κ1) is 100. The second-order valence-corrected chi connectivity index (χ2v) is 31.3. The van der Waals surface area contributed by atoms with Crippen molar-refractivity contribution in [1.82, 2.24) is 101 Å². The Labute approximate surface area is 729 Å². The van der Waals surface area contributed by atoms with Crippen molar-refractivity contribution in [2.45, 2.75) is 73.5 Å². The van der Waals surface area contributed by atoms with Gasteiger partial charge in [0.15, 0.2) is 34.2 Å². The topological polar surface area (TPSA) is 523 Å². The van der Waals surface area contributed by atoms with E-state index in [0.29, 0.717) is 106 Å². The molecule has 4 fully saturated rings. The number of halogens is 6. The van der Waals surface area contributed by atoms with E-state index in [0.717, 1.165) is 85.2 Å². The van der Waals surface area contributed by atoms with E-state index in [2.05, 4.69) is 104 Å². The summed E-state index contributed by atoms with van der Waals surface area (Å²) in [6, 6.07) is 14.6. The summed E-state index contributed by atoms with van der Waals surface area (Å²) in [5.41, 5.74) is 4.73. The number of nitrogens with one attached hydrogen (secondary N) is 5. The van der Waals surface area contributed by atoms with Crippen LogP contribution < -0.4 is 26.6 Å². The number of hydrogen-bond donors (Lipinski definition) is 5. The van der Waals surface area contributed by atoms with Crippen LogP contribution in [0.25, 0.3) is 0 Å². The van der Waals surface area contributed by atoms with Gasteiger partial charge in [0.2, 0.25) is 12.4 Å². The van der Waals surface area contributed by atoms with Crippen LogP contribution in [-0.2, 0) is 50.6 Å². The Morgan fingerprint density at radius 2 is 1.14 bits per heavy atom. The van der Waals surface area contributed by atoms with E-state index >= 15 is 0 Å². The molecule has 5 N–H and O–H groups in total. The quantitative estimate of drug-likeness (QED) is 0.0112. The van der Waals surface area contributed by atoms with E-state index in [4.69, 9.17) is 84.9 Å². The van der Waals surface area contributed by atoms with Gasteiger partial charge in [0.1, 0.15) is 60.3 Å². The summed E-state index contributed by atoms with van der Waals surface area (Å²) in [7, 11) is 10.4. The molecule has 0 amide bonds. The Balaban J connectivity index is 0.000000289. The molecule has 11 rings (SSSR count). The number of hydrazone groups is 4. The summed E-state index contributed by atoms with van der Waals surface area (Å²) in [5.74, 6) is 2.66. The van der Waals surface area contributed by atoms with Gasteiger partial charge >= 0.3 is 0 Å². The number of thiazole rings is 3. The SMILES string of the molecule is CC(=NC#N)N(C)Cc1ccc(Cl)nc1.CCNCc1ccc(Cl)nc1.CN/C(=N\[N+](=O)[O-])NCc1cnc(C)s1.CN/C(C)=C/[N+](=O)[O-].CN1CN(C)/C(=N\[N+](=O)[O-])N(Cc2cnc(Cl)s2)C1.CN1COCN(Cc2cnc(Cl)s2)/C1=N/[N+](=O)[O-].N#CN=C1SCCN1Cc1ccc(Cl)nc1.O=[N+]([O-])/N=C1\NCCN1Cc1ccc(Cl)nc1. The molecule has 0 radical (unpaired) electrons. The largest absolute Gasteiger partial charge is 0.387 e. The lowest BCUT2D eigenvalue weighted by Gasteiger charge is -2.39. The molecule has 4 aliphatic rings. The average molecular weight is 1840 g/mol. The van der Waals surface area contributed by atoms with Gasteiger partial charge in [-0.15, -0.1) is 39.0 Å². The van der Waals surface area contributed by atoms with Crippen LogP contribution in [0.5, 0.6) is 0 Å². The highest BCUT2D eigenvalue weighted by molar-refractivity contribution is 8.14. The van der Waals surface area contributed by atoms with Gasteiger partial charge in [-0.25, -0.2) is 75.3 Å². The summed E-state index contributed by atoms with van der Waals surface area (Å²) in [6.45, 7) is 16.4. The number of nitro groups is 5. The maximum atomic E-state index is 10.6. The van der Waals surface area contributed by atoms with Crippen molar-refractivity contribution in [1.29, 1.82) is 10.5 Å². The van der Waals surface area contributed by atoms with E-state index in [9.17, 15) is 50.6 Å². The number of allylic oxidation sites excluding steroid dienone is 1. The highest BCUT2D eigenvalue weighted by Gasteiger charge is 2.29. The fraction of sp³-hybridized carbons (Fsp3) is 0.400. The third kappa shape index (κ3) is 41.3. The van der Waals surface area contributed by atoms with E-state index in [1.54, 1.807) is 147 Å². The molecular formula is C65H83Cl6N33O11S4. The number of hydrogen-bond acceptors (Lipinski definition) is 29. The number of amidine groups is 2. The minimum absolute atomic E-state index is 0.131. The van der Waals surface area contributed by atoms with E-state index in [1.165, 1.54) is 34.0 Å². The van der Waals surface area contributed by atoms with Crippen LogP contribution in [0.4, 0.5) is 0 Å². The number of thioether (sulfide) groups is 1. The van der Waals surface area contributed by atoms with E-state index in [-0.39, 0.29) is 31.3 Å². The minimum Gasteiger partial charge on any atom is -0.387 e. The summed E-state index contributed by atoms with van der Waals surface area (Å²) in [5, 5.41) is 96.3. The van der Waals surface area contributed by atoms with Crippen LogP contribution in [0.2, 0.25) is 29.5 Å². The average Bonchev–Trinajstić information content (AvgIpc) is 1.81. The van der Waals surface area contributed by atoms with Crippen molar-refractivity contribution in [2.24, 2.45) is 30.4 Å². The summed E-state index contributed by atoms with van der Waals surface area (Å²) in [4.78, 5) is 103. The molecule has 4 aliphatic heterocycles. The molecule has 0 aliphatic carbocycles. The zero-order valence-electron chi connectivity index (χ0n) is 65.5. The van der Waals surface area contributed by atoms with Gasteiger partial charge in [0.25, 0.3) is 30.0 Å². The Kier molecular flexibility index (Phi) is 46.3. The number of pyridine rings is 4. The number of aromatic nitrogens is 7. The molecule has 0 unspecified atom stereocenters. The molecule has 11 heterocycles. The molecular weight excluding hydrogens is 1760 g/mol. The number of nitrogens with zero attached hydrogens (tertiary/aromatic N) is 28. The third-order valence-electron chi connectivity index (χ3n) is 14.8. The van der Waals surface area contributed by atoms with Crippen LogP contribution in [0, 0.1) is 80.4 Å². The molecule has 640 valence electrons. The number of aryl methyl sites for hydroxylation is 1. The predicted octanol–water partition coefficient (Wildman–Crippen LogP) is 9.33. The monoisotopic (exact) mass is 1840 g/mol. The van der Waals surface area contributed by atoms with Gasteiger partial charge in [-0.05, 0) is 80.9 Å². The molecule has 4 saturated heterocycles. The zero-order valence-corrected chi connectivity index (χ0v) is 73.3. The van der Waals surface area contributed by atoms with Gasteiger partial charge in [0, 0.05) is 145 Å². The zero-order chi connectivity index (χ0) is 87.9. The smallest absolute Gasteiger partial charge is 0.277 e. The number of aliphatic imine (C=N–C) groups is 2. The number of rotatable bonds is 21. The molecule has 0 atom stereocenters. The molecule has 0 aromatic carbocycles. The third-order valence-corrected chi connectivity index (χ3v) is 19.8. The first-order valence-corrected chi connectivity index (χ1v) is 40.1. The van der Waals surface area contributed by atoms with Crippen molar-refractivity contribution in [3.63, 3.8) is 0 Å². The fourth-order valence-electron chi connectivity index (χ4n) is 9.44. The van der Waals surface area contributed by atoms with Gasteiger partial charge in [-0.2, -0.15) is 15.5 Å². The predicted molar refractivity (Wildman–Crippen MR) is 458 cm³/mol. The molecule has 119 heavy (non-hydrogen) atoms. The molecule has 44 nitrogen and oxygen atoms in total. The van der Waals surface area contributed by atoms with Gasteiger partial charge in [0.05, 0.1) is 48.6 Å². The minimum atomic E-state index is -0.753. The van der Waals surface area contributed by atoms with Crippen molar-refractivity contribution in [2.75, 3.05) is 101 Å². The molecule has 0 bridgehead atoms. The lowest BCUT2D eigenvalue weighted by atomic mass is 10.3. The Hall–Kier alpha value is -11.0. The van der Waals surface area contributed by atoms with Crippen LogP contribution in [0.1, 0.15) is 62.7 Å². The molecule has 0 saturated carbocycles. The van der Waals surface area contributed by atoms with Crippen LogP contribution in [-0.4, -0.2) is 235 Å². The van der Waals surface area contributed by atoms with Crippen LogP contribution in [0.15, 0.2) is 134 Å². The van der Waals surface area contributed by atoms with E-state index < -0.39 is 25.1 Å². The van der Waals surface area contributed by atoms with Crippen LogP contribution in [0.3, 0.4) is 0 Å². The normalized spacial score (nSPS) is 15.2. The highest BCUT2D eigenvalue weighted by atomic mass is 35.5. The van der Waals surface area contributed by atoms with Gasteiger partial charge in [-0.1, -0.05) is 113 Å². The maximum Gasteiger partial charge on any atom is 0.277 e. The number of nitriles is 2. The molecule has 54 heteroatoms. The standard InChI is InChI=1S/C10H9ClN4S.C10H11ClN4.C9H13ClN6O2S.C9H10ClN5O2.C8H10ClN5O3S.C8H11ClN2.C7H11N5O2S.C4H8N2O2/c11-9-2-1-8(5-13-9)6-15-3-4-16-10(15)14-7-12;1-8(14-7-12)15(2)6-9-3-4-10(11)13-5-9;1-13-5-14(2)9(12-16(17)18)15(6-13)4-7-3-11-8(10)19-7;10-8-2-1-7(5-12-8)6-14-4-3-11-9(14)13-15(16)17;1-12-4-17-5-13(8(12)11-14(15)16)3-6-2-10-7(9)18-6;1-2-10-5-7-3-4-8(9)11-6-7;1-5-9-3-6(15-5)4-10-7(8-2)11-12(13)14;1-4(5-2)3-6(7)8/h1-2,5H,3-4,6H2;3-5H,6H2,1-2H3;3H,4-6H2,1-2H3;1-2,5H,3-4,6H2,(H,11,13);2H,3-5H2,1H3;3-4,6,10H,2,5H2,1H3;3H,4H2,1-2H3,(H2,8,10,11);3,5H,1-2H3/b;;12-9+;;11-8+;;;4-3+. The van der Waals surface area contributed by atoms with Crippen molar-refractivity contribution in [3.8, 4) is 12.4 Å². The van der Waals surface area contributed by atoms with Gasteiger partial charge < -0.3 is 65.6 Å². The second kappa shape index (κ2) is 54.9. The summed E-state index contributed by atoms with van der Waals surface area (Å²) < 4.78 is 6.18.